The summed E-state index contributed by atoms with van der Waals surface area (Å²) in [6.45, 7) is 1.57. The van der Waals surface area contributed by atoms with Crippen LogP contribution in [0.15, 0.2) is 48.5 Å². The van der Waals surface area contributed by atoms with Crippen LogP contribution in [0.3, 0.4) is 0 Å². The number of hydrogen-bond acceptors (Lipinski definition) is 4. The largest absolute Gasteiger partial charge is 0.356 e. The van der Waals surface area contributed by atoms with Crippen molar-refractivity contribution in [3.05, 3.63) is 65.2 Å². The van der Waals surface area contributed by atoms with Crippen molar-refractivity contribution in [3.8, 4) is 0 Å². The summed E-state index contributed by atoms with van der Waals surface area (Å²) in [6.07, 6.45) is 1.17. The van der Waals surface area contributed by atoms with Gasteiger partial charge in [0.25, 0.3) is 11.8 Å². The molecule has 0 radical (unpaired) electrons. The highest BCUT2D eigenvalue weighted by Crippen LogP contribution is 2.28. The average Bonchev–Trinajstić information content (AvgIpc) is 2.91. The molecule has 1 aliphatic rings. The summed E-state index contributed by atoms with van der Waals surface area (Å²) < 4.78 is 0. The van der Waals surface area contributed by atoms with E-state index in [1.807, 2.05) is 14.1 Å². The highest BCUT2D eigenvalue weighted by Gasteiger charge is 2.36. The minimum Gasteiger partial charge on any atom is -0.356 e. The summed E-state index contributed by atoms with van der Waals surface area (Å²) in [5.41, 5.74) is 2.18. The molecular formula is C21H23N3O3. The second-order valence-electron chi connectivity index (χ2n) is 6.84. The smallest absolute Gasteiger partial charge is 0.266 e. The zero-order valence-electron chi connectivity index (χ0n) is 15.6. The Morgan fingerprint density at radius 3 is 2.11 bits per heavy atom. The number of benzene rings is 2. The normalized spacial score (nSPS) is 13.2. The van der Waals surface area contributed by atoms with Crippen molar-refractivity contribution < 1.29 is 14.4 Å². The van der Waals surface area contributed by atoms with E-state index in [1.54, 1.807) is 48.5 Å². The molecule has 0 saturated heterocycles. The Morgan fingerprint density at radius 2 is 1.56 bits per heavy atom. The van der Waals surface area contributed by atoms with Gasteiger partial charge >= 0.3 is 0 Å². The molecule has 3 amide bonds. The third-order valence-electron chi connectivity index (χ3n) is 4.46. The van der Waals surface area contributed by atoms with E-state index in [1.165, 1.54) is 4.90 Å². The van der Waals surface area contributed by atoms with Crippen molar-refractivity contribution in [2.24, 2.45) is 0 Å². The van der Waals surface area contributed by atoms with Gasteiger partial charge in [-0.25, -0.2) is 4.90 Å². The van der Waals surface area contributed by atoms with Gasteiger partial charge in [-0.1, -0.05) is 24.3 Å². The minimum atomic E-state index is -0.318. The van der Waals surface area contributed by atoms with E-state index in [2.05, 4.69) is 10.2 Å². The molecule has 0 fully saturated rings. The summed E-state index contributed by atoms with van der Waals surface area (Å²) in [6, 6.07) is 13.8. The molecular weight excluding hydrogens is 342 g/mol. The highest BCUT2D eigenvalue weighted by atomic mass is 16.2. The molecule has 1 aliphatic heterocycles. The second-order valence-corrected chi connectivity index (χ2v) is 6.84. The van der Waals surface area contributed by atoms with Crippen LogP contribution in [0, 0.1) is 0 Å². The number of nitrogens with zero attached hydrogens (tertiary/aromatic N) is 2. The summed E-state index contributed by atoms with van der Waals surface area (Å²) >= 11 is 0. The predicted molar refractivity (Wildman–Crippen MR) is 104 cm³/mol. The molecule has 0 aliphatic carbocycles. The van der Waals surface area contributed by atoms with Crippen molar-refractivity contribution in [2.45, 2.75) is 12.8 Å². The Balaban J connectivity index is 1.61. The first-order valence-corrected chi connectivity index (χ1v) is 8.95. The molecule has 2 aromatic rings. The lowest BCUT2D eigenvalue weighted by Crippen LogP contribution is -2.29. The number of carbonyl (C=O) groups is 3. The Labute approximate surface area is 158 Å². The molecule has 3 rings (SSSR count). The van der Waals surface area contributed by atoms with Crippen LogP contribution >= 0.6 is 0 Å². The van der Waals surface area contributed by atoms with Crippen molar-refractivity contribution in [3.63, 3.8) is 0 Å². The molecule has 0 aromatic heterocycles. The molecule has 0 bridgehead atoms. The number of rotatable bonds is 7. The van der Waals surface area contributed by atoms with E-state index in [-0.39, 0.29) is 24.1 Å². The molecule has 1 heterocycles. The summed E-state index contributed by atoms with van der Waals surface area (Å²) in [4.78, 5) is 40.3. The number of carbonyl (C=O) groups excluding carboxylic acids is 3. The number of fused-ring (bicyclic) bond motifs is 1. The molecule has 27 heavy (non-hydrogen) atoms. The number of imide groups is 1. The van der Waals surface area contributed by atoms with E-state index in [9.17, 15) is 14.4 Å². The fourth-order valence-electron chi connectivity index (χ4n) is 3.06. The van der Waals surface area contributed by atoms with Gasteiger partial charge in [-0.3, -0.25) is 14.4 Å². The van der Waals surface area contributed by atoms with Crippen LogP contribution in [-0.4, -0.2) is 49.8 Å². The minimum absolute atomic E-state index is 0.0396. The van der Waals surface area contributed by atoms with Gasteiger partial charge < -0.3 is 10.2 Å². The van der Waals surface area contributed by atoms with Crippen molar-refractivity contribution in [1.29, 1.82) is 0 Å². The van der Waals surface area contributed by atoms with Crippen LogP contribution < -0.4 is 10.2 Å². The molecule has 1 N–H and O–H groups in total. The molecule has 0 atom stereocenters. The van der Waals surface area contributed by atoms with E-state index in [0.29, 0.717) is 23.4 Å². The van der Waals surface area contributed by atoms with E-state index < -0.39 is 0 Å². The highest BCUT2D eigenvalue weighted by molar-refractivity contribution is 6.34. The van der Waals surface area contributed by atoms with E-state index >= 15 is 0 Å². The van der Waals surface area contributed by atoms with Crippen LogP contribution in [0.4, 0.5) is 5.69 Å². The molecule has 140 valence electrons. The molecule has 2 aromatic carbocycles. The first-order valence-electron chi connectivity index (χ1n) is 8.95. The standard InChI is InChI=1S/C21H23N3O3/c1-23(2)13-5-12-22-19(25)14-15-8-10-16(11-9-15)24-20(26)17-6-3-4-7-18(17)21(24)27/h3-4,6-11H,5,12-14H2,1-2H3,(H,22,25). The van der Waals surface area contributed by atoms with Gasteiger partial charge in [0.2, 0.25) is 5.91 Å². The first kappa shape index (κ1) is 18.8. The Bertz CT molecular complexity index is 824. The third kappa shape index (κ3) is 4.23. The lowest BCUT2D eigenvalue weighted by molar-refractivity contribution is -0.120. The molecule has 0 spiro atoms. The van der Waals surface area contributed by atoms with E-state index in [4.69, 9.17) is 0 Å². The zero-order valence-corrected chi connectivity index (χ0v) is 15.6. The Kier molecular flexibility index (Phi) is 5.66. The lowest BCUT2D eigenvalue weighted by Gasteiger charge is -2.14. The number of nitrogens with one attached hydrogen (secondary N) is 1. The van der Waals surface area contributed by atoms with Gasteiger partial charge in [-0.2, -0.15) is 0 Å². The predicted octanol–water partition coefficient (Wildman–Crippen LogP) is 2.10. The van der Waals surface area contributed by atoms with Gasteiger partial charge in [0.1, 0.15) is 0 Å². The van der Waals surface area contributed by atoms with Crippen LogP contribution in [-0.2, 0) is 11.2 Å². The number of amides is 3. The van der Waals surface area contributed by atoms with Crippen LogP contribution in [0.2, 0.25) is 0 Å². The van der Waals surface area contributed by atoms with Crippen LogP contribution in [0.25, 0.3) is 0 Å². The van der Waals surface area contributed by atoms with Gasteiger partial charge in [-0.05, 0) is 56.9 Å². The zero-order chi connectivity index (χ0) is 19.4. The summed E-state index contributed by atoms with van der Waals surface area (Å²) in [7, 11) is 4.00. The Morgan fingerprint density at radius 1 is 0.963 bits per heavy atom. The topological polar surface area (TPSA) is 69.7 Å². The maximum atomic E-state index is 12.5. The van der Waals surface area contributed by atoms with Gasteiger partial charge in [0, 0.05) is 6.54 Å². The fraction of sp³-hybridized carbons (Fsp3) is 0.286. The van der Waals surface area contributed by atoms with Crippen LogP contribution in [0.5, 0.6) is 0 Å². The van der Waals surface area contributed by atoms with Crippen molar-refractivity contribution in [2.75, 3.05) is 32.1 Å². The number of hydrogen-bond donors (Lipinski definition) is 1. The van der Waals surface area contributed by atoms with Gasteiger partial charge in [0.05, 0.1) is 23.2 Å². The number of anilines is 1. The molecule has 0 unspecified atom stereocenters. The average molecular weight is 365 g/mol. The Hall–Kier alpha value is -2.99. The second kappa shape index (κ2) is 8.14. The quantitative estimate of drug-likeness (QED) is 0.603. The van der Waals surface area contributed by atoms with Gasteiger partial charge in [-0.15, -0.1) is 0 Å². The summed E-state index contributed by atoms with van der Waals surface area (Å²) in [5, 5.41) is 2.90. The lowest BCUT2D eigenvalue weighted by atomic mass is 10.1. The SMILES string of the molecule is CN(C)CCCNC(=O)Cc1ccc(N2C(=O)c3ccccc3C2=O)cc1. The molecule has 6 heteroatoms. The fourth-order valence-corrected chi connectivity index (χ4v) is 3.06. The monoisotopic (exact) mass is 365 g/mol. The first-order chi connectivity index (χ1) is 13.0. The maximum Gasteiger partial charge on any atom is 0.266 e. The molecule has 6 nitrogen and oxygen atoms in total. The van der Waals surface area contributed by atoms with E-state index in [0.717, 1.165) is 18.5 Å². The molecule has 0 saturated carbocycles. The van der Waals surface area contributed by atoms with Gasteiger partial charge in [0.15, 0.2) is 0 Å². The van der Waals surface area contributed by atoms with Crippen molar-refractivity contribution >= 4 is 23.4 Å². The summed E-state index contributed by atoms with van der Waals surface area (Å²) in [5.74, 6) is -0.675. The maximum absolute atomic E-state index is 12.5. The third-order valence-corrected chi connectivity index (χ3v) is 4.46. The van der Waals surface area contributed by atoms with Crippen molar-refractivity contribution in [1.82, 2.24) is 10.2 Å². The van der Waals surface area contributed by atoms with Crippen LogP contribution in [0.1, 0.15) is 32.7 Å².